The van der Waals surface area contributed by atoms with Gasteiger partial charge in [-0.05, 0) is 0 Å². The Labute approximate surface area is 292 Å². The standard InChI is InChI=1S/C34H27O9Se.2CH3.Sb/c35-30(22-13-5-1-6-14-22)39-21-26-27(41-31(36)23-15-7-2-8-16-23)28(42-32(37)24-17-9-3-10-18-24)29(34(44)40-26)43-33(38)25-19-11-4-12-20-25;;;/h1-20,26-29,34H,21H2;2*1H3;/t26-,27-,28+,29-,34+;;;/m1.../s1. The molecule has 1 fully saturated rings. The normalized spacial score (nSPS) is 20.0. The van der Waals surface area contributed by atoms with Gasteiger partial charge in [-0.1, -0.05) is 0 Å². The third kappa shape index (κ3) is 10.3. The molecule has 1 heterocycles. The van der Waals surface area contributed by atoms with E-state index in [0.717, 1.165) is 0 Å². The van der Waals surface area contributed by atoms with E-state index in [4.69, 9.17) is 23.7 Å². The topological polar surface area (TPSA) is 114 Å². The molecule has 0 bridgehead atoms. The quantitative estimate of drug-likeness (QED) is 0.128. The number of carbonyl (C=O) groups excluding carboxylic acids is 4. The molecule has 9 nitrogen and oxygen atoms in total. The van der Waals surface area contributed by atoms with E-state index >= 15 is 0 Å². The van der Waals surface area contributed by atoms with Gasteiger partial charge in [-0.25, -0.2) is 0 Å². The summed E-state index contributed by atoms with van der Waals surface area (Å²) >= 11 is 3.16. The van der Waals surface area contributed by atoms with Crippen LogP contribution in [-0.4, -0.2) is 97.5 Å². The fraction of sp³-hybridized carbons (Fsp3) is 0.222. The Morgan fingerprint density at radius 1 is 0.553 bits per heavy atom. The molecule has 47 heavy (non-hydrogen) atoms. The van der Waals surface area contributed by atoms with Crippen LogP contribution in [0.2, 0.25) is 9.74 Å². The van der Waals surface area contributed by atoms with Crippen LogP contribution in [0.15, 0.2) is 121 Å². The third-order valence-electron chi connectivity index (χ3n) is 6.74. The number of hydrogen-bond donors (Lipinski definition) is 0. The zero-order valence-electron chi connectivity index (χ0n) is 25.7. The van der Waals surface area contributed by atoms with Crippen LogP contribution in [0.4, 0.5) is 0 Å². The van der Waals surface area contributed by atoms with Gasteiger partial charge in [0.15, 0.2) is 0 Å². The average molecular weight is 810 g/mol. The van der Waals surface area contributed by atoms with E-state index in [-0.39, 0.29) is 23.3 Å². The van der Waals surface area contributed by atoms with Gasteiger partial charge in [-0.2, -0.15) is 0 Å². The van der Waals surface area contributed by atoms with Crippen molar-refractivity contribution in [3.63, 3.8) is 0 Å². The van der Waals surface area contributed by atoms with Crippen molar-refractivity contribution in [3.8, 4) is 0 Å². The molecule has 0 saturated carbocycles. The summed E-state index contributed by atoms with van der Waals surface area (Å²) in [6.45, 7) is -0.364. The molecule has 1 saturated heterocycles. The summed E-state index contributed by atoms with van der Waals surface area (Å²) in [4.78, 5) is 57.1. The van der Waals surface area contributed by atoms with E-state index in [1.54, 1.807) is 121 Å². The van der Waals surface area contributed by atoms with Crippen LogP contribution in [-0.2, 0) is 23.7 Å². The Kier molecular flexibility index (Phi) is 14.1. The van der Waals surface area contributed by atoms with Gasteiger partial charge in [0.25, 0.3) is 0 Å². The minimum atomic E-state index is -1.36. The second-order valence-electron chi connectivity index (χ2n) is 10.2. The SMILES string of the molecule is O=C(OC[C@H]1O[C@@H]([Se])[C@H](OC(=O)c2ccccc2)[C@@H](OC(=O)c2ccccc2)[C@@H]1OC(=O)c1ccccc1)c1ccccc1.[CH3][Sb][CH3]. The second-order valence-corrected chi connectivity index (χ2v) is 13.7. The number of carbonyl (C=O) groups is 4. The van der Waals surface area contributed by atoms with Crippen LogP contribution in [0.1, 0.15) is 41.4 Å². The number of esters is 4. The van der Waals surface area contributed by atoms with Crippen molar-refractivity contribution in [2.75, 3.05) is 6.61 Å². The molecule has 4 aromatic carbocycles. The molecule has 2 radical (unpaired) electrons. The van der Waals surface area contributed by atoms with E-state index in [9.17, 15) is 19.2 Å². The molecule has 4 aromatic rings. The molecule has 1 aliphatic rings. The van der Waals surface area contributed by atoms with Crippen molar-refractivity contribution in [2.24, 2.45) is 0 Å². The molecule has 0 unspecified atom stereocenters. The summed E-state index contributed by atoms with van der Waals surface area (Å²) in [7, 11) is 0. The van der Waals surface area contributed by atoms with Crippen LogP contribution >= 0.6 is 0 Å². The maximum atomic E-state index is 13.3. The molecular weight excluding hydrogens is 777 g/mol. The molecule has 5 atom stereocenters. The molecular formula is C36H33O9SbSe. The first-order valence-corrected chi connectivity index (χ1v) is 20.7. The molecule has 1 aliphatic heterocycles. The van der Waals surface area contributed by atoms with Gasteiger partial charge >= 0.3 is 294 Å². The zero-order valence-corrected chi connectivity index (χ0v) is 29.9. The van der Waals surface area contributed by atoms with Crippen LogP contribution in [0.5, 0.6) is 0 Å². The van der Waals surface area contributed by atoms with Gasteiger partial charge in [0.05, 0.1) is 0 Å². The van der Waals surface area contributed by atoms with E-state index in [1.807, 2.05) is 0 Å². The van der Waals surface area contributed by atoms with E-state index in [0.29, 0.717) is 27.2 Å². The number of benzene rings is 4. The Morgan fingerprint density at radius 2 is 0.872 bits per heavy atom. The van der Waals surface area contributed by atoms with Crippen LogP contribution < -0.4 is 0 Å². The molecule has 0 aliphatic carbocycles. The number of rotatable bonds is 9. The van der Waals surface area contributed by atoms with Crippen molar-refractivity contribution in [1.82, 2.24) is 0 Å². The van der Waals surface area contributed by atoms with Gasteiger partial charge in [0, 0.05) is 0 Å². The first kappa shape index (κ1) is 35.9. The van der Waals surface area contributed by atoms with Gasteiger partial charge in [-0.15, -0.1) is 0 Å². The van der Waals surface area contributed by atoms with Gasteiger partial charge in [0.2, 0.25) is 0 Å². The number of hydrogen-bond acceptors (Lipinski definition) is 9. The monoisotopic (exact) mass is 810 g/mol. The van der Waals surface area contributed by atoms with Crippen molar-refractivity contribution in [1.29, 1.82) is 0 Å². The van der Waals surface area contributed by atoms with E-state index < -0.39 is 53.3 Å². The molecule has 0 N–H and O–H groups in total. The molecule has 5 rings (SSSR count). The molecule has 242 valence electrons. The molecule has 0 amide bonds. The van der Waals surface area contributed by atoms with Crippen molar-refractivity contribution < 1.29 is 42.9 Å². The fourth-order valence-electron chi connectivity index (χ4n) is 4.53. The first-order chi connectivity index (χ1) is 22.8. The average Bonchev–Trinajstić information content (AvgIpc) is 3.11. The van der Waals surface area contributed by atoms with Gasteiger partial charge < -0.3 is 0 Å². The second kappa shape index (κ2) is 18.4. The molecule has 0 aromatic heterocycles. The summed E-state index contributed by atoms with van der Waals surface area (Å²) < 4.78 is 29.3. The predicted octanol–water partition coefficient (Wildman–Crippen LogP) is 5.20. The molecule has 11 heteroatoms. The fourth-order valence-corrected chi connectivity index (χ4v) is 5.27. The van der Waals surface area contributed by atoms with Crippen molar-refractivity contribution >= 4 is 61.5 Å². The van der Waals surface area contributed by atoms with Gasteiger partial charge in [-0.3, -0.25) is 0 Å². The van der Waals surface area contributed by atoms with Crippen LogP contribution in [0.25, 0.3) is 0 Å². The van der Waals surface area contributed by atoms with Crippen LogP contribution in [0.3, 0.4) is 0 Å². The number of ether oxygens (including phenoxy) is 5. The van der Waals surface area contributed by atoms with E-state index in [2.05, 4.69) is 25.8 Å². The van der Waals surface area contributed by atoms with Crippen LogP contribution in [0, 0.1) is 0 Å². The Bertz CT molecular complexity index is 1590. The summed E-state index contributed by atoms with van der Waals surface area (Å²) in [5, 5.41) is -0.983. The Hall–Kier alpha value is -3.94. The first-order valence-electron chi connectivity index (χ1n) is 14.6. The predicted molar refractivity (Wildman–Crippen MR) is 176 cm³/mol. The summed E-state index contributed by atoms with van der Waals surface area (Å²) in [5.74, 6) is -2.83. The van der Waals surface area contributed by atoms with Crippen molar-refractivity contribution in [3.05, 3.63) is 144 Å². The molecule has 0 spiro atoms. The maximum absolute atomic E-state index is 13.3. The van der Waals surface area contributed by atoms with Gasteiger partial charge in [0.1, 0.15) is 0 Å². The van der Waals surface area contributed by atoms with Crippen molar-refractivity contribution in [2.45, 2.75) is 39.2 Å². The zero-order chi connectivity index (χ0) is 33.6. The Balaban J connectivity index is 0.00000160. The Morgan fingerprint density at radius 3 is 1.26 bits per heavy atom. The summed E-state index contributed by atoms with van der Waals surface area (Å²) in [6, 6.07) is 33.0. The minimum absolute atomic E-state index is 0.226. The summed E-state index contributed by atoms with van der Waals surface area (Å²) in [5.41, 5.74) is 1.01. The third-order valence-corrected chi connectivity index (χ3v) is 7.53. The van der Waals surface area contributed by atoms with E-state index in [1.165, 1.54) is 0 Å². The summed E-state index contributed by atoms with van der Waals surface area (Å²) in [6.07, 6.45) is -5.06.